The Hall–Kier alpha value is -3.34. The van der Waals surface area contributed by atoms with Gasteiger partial charge in [-0.05, 0) is 55.5 Å². The zero-order valence-corrected chi connectivity index (χ0v) is 22.6. The third-order valence-electron chi connectivity index (χ3n) is 6.74. The standard InChI is InChI=1S/C32H41NO4/c1-4-5-6-7-8-9-10-14-25(2)32(35)29-23-33(30-16-12-11-15-28(29)30)22-13-17-31(34)37-24-26-18-20-27(36-3)21-19-26/h11-12,14-16,18-21,23H,4-10,13,17,22,24H2,1-3H3. The number of methoxy groups -OCH3 is 1. The Labute approximate surface area is 221 Å². The number of aryl methyl sites for hydroxylation is 1. The van der Waals surface area contributed by atoms with Crippen LogP contribution in [0.1, 0.15) is 87.6 Å². The third kappa shape index (κ3) is 8.63. The van der Waals surface area contributed by atoms with Crippen LogP contribution in [-0.2, 0) is 22.7 Å². The number of ketones is 1. The lowest BCUT2D eigenvalue weighted by atomic mass is 10.0. The van der Waals surface area contributed by atoms with Crippen molar-refractivity contribution < 1.29 is 19.1 Å². The molecule has 5 heteroatoms. The number of ether oxygens (including phenoxy) is 2. The molecular formula is C32H41NO4. The lowest BCUT2D eigenvalue weighted by molar-refractivity contribution is -0.145. The fourth-order valence-electron chi connectivity index (χ4n) is 4.51. The molecule has 198 valence electrons. The van der Waals surface area contributed by atoms with E-state index in [1.807, 2.05) is 61.7 Å². The summed E-state index contributed by atoms with van der Waals surface area (Å²) in [6, 6.07) is 15.5. The highest BCUT2D eigenvalue weighted by atomic mass is 16.5. The summed E-state index contributed by atoms with van der Waals surface area (Å²) in [5.41, 5.74) is 3.47. The number of allylic oxidation sites excluding steroid dienone is 2. The van der Waals surface area contributed by atoms with Crippen molar-refractivity contribution in [3.05, 3.63) is 77.5 Å². The molecular weight excluding hydrogens is 462 g/mol. The second-order valence-corrected chi connectivity index (χ2v) is 9.64. The van der Waals surface area contributed by atoms with Gasteiger partial charge in [-0.3, -0.25) is 9.59 Å². The Morgan fingerprint density at radius 3 is 2.41 bits per heavy atom. The topological polar surface area (TPSA) is 57.5 Å². The van der Waals surface area contributed by atoms with Crippen LogP contribution in [-0.4, -0.2) is 23.4 Å². The van der Waals surface area contributed by atoms with Crippen LogP contribution in [0.15, 0.2) is 66.4 Å². The second kappa shape index (κ2) is 15.0. The number of unbranched alkanes of at least 4 members (excludes halogenated alkanes) is 6. The van der Waals surface area contributed by atoms with Crippen LogP contribution in [0.5, 0.6) is 5.75 Å². The number of carbonyl (C=O) groups is 2. The first-order chi connectivity index (χ1) is 18.0. The van der Waals surface area contributed by atoms with Crippen LogP contribution in [0, 0.1) is 0 Å². The quantitative estimate of drug-likeness (QED) is 0.0858. The maximum Gasteiger partial charge on any atom is 0.306 e. The average Bonchev–Trinajstić information content (AvgIpc) is 3.29. The number of para-hydroxylation sites is 1. The van der Waals surface area contributed by atoms with E-state index in [0.717, 1.165) is 46.2 Å². The Morgan fingerprint density at radius 1 is 0.919 bits per heavy atom. The number of fused-ring (bicyclic) bond motifs is 1. The van der Waals surface area contributed by atoms with E-state index < -0.39 is 0 Å². The van der Waals surface area contributed by atoms with Gasteiger partial charge in [-0.15, -0.1) is 0 Å². The van der Waals surface area contributed by atoms with Gasteiger partial charge in [0.05, 0.1) is 7.11 Å². The van der Waals surface area contributed by atoms with Crippen LogP contribution >= 0.6 is 0 Å². The minimum atomic E-state index is -0.225. The zero-order valence-electron chi connectivity index (χ0n) is 22.6. The highest BCUT2D eigenvalue weighted by Gasteiger charge is 2.16. The van der Waals surface area contributed by atoms with E-state index in [9.17, 15) is 9.59 Å². The predicted molar refractivity (Wildman–Crippen MR) is 150 cm³/mol. The molecule has 2 aromatic carbocycles. The number of benzene rings is 2. The minimum absolute atomic E-state index is 0.0832. The van der Waals surface area contributed by atoms with Crippen molar-refractivity contribution in [2.75, 3.05) is 7.11 Å². The molecule has 0 amide bonds. The van der Waals surface area contributed by atoms with Crippen molar-refractivity contribution in [2.45, 2.75) is 84.8 Å². The van der Waals surface area contributed by atoms with Crippen molar-refractivity contribution in [3.63, 3.8) is 0 Å². The first-order valence-electron chi connectivity index (χ1n) is 13.6. The molecule has 0 aliphatic carbocycles. The smallest absolute Gasteiger partial charge is 0.306 e. The summed E-state index contributed by atoms with van der Waals surface area (Å²) in [6.45, 7) is 5.04. The summed E-state index contributed by atoms with van der Waals surface area (Å²) in [5, 5.41) is 0.960. The fourth-order valence-corrected chi connectivity index (χ4v) is 4.51. The van der Waals surface area contributed by atoms with E-state index in [4.69, 9.17) is 9.47 Å². The molecule has 5 nitrogen and oxygen atoms in total. The molecule has 1 heterocycles. The summed E-state index contributed by atoms with van der Waals surface area (Å²) >= 11 is 0. The summed E-state index contributed by atoms with van der Waals surface area (Å²) in [4.78, 5) is 25.5. The number of aromatic nitrogens is 1. The van der Waals surface area contributed by atoms with E-state index >= 15 is 0 Å². The fraction of sp³-hybridized carbons (Fsp3) is 0.438. The van der Waals surface area contributed by atoms with Crippen LogP contribution in [0.2, 0.25) is 0 Å². The van der Waals surface area contributed by atoms with E-state index in [0.29, 0.717) is 19.4 Å². The van der Waals surface area contributed by atoms with Crippen molar-refractivity contribution in [3.8, 4) is 5.75 Å². The number of esters is 1. The number of nitrogens with zero attached hydrogens (tertiary/aromatic N) is 1. The Bertz CT molecular complexity index is 1170. The number of Topliss-reactive ketones (excluding diaryl/α,β-unsaturated/α-hetero) is 1. The van der Waals surface area contributed by atoms with Crippen LogP contribution in [0.4, 0.5) is 0 Å². The summed E-state index contributed by atoms with van der Waals surface area (Å²) in [7, 11) is 1.62. The normalized spacial score (nSPS) is 11.6. The van der Waals surface area contributed by atoms with Crippen molar-refractivity contribution >= 4 is 22.7 Å². The van der Waals surface area contributed by atoms with E-state index in [-0.39, 0.29) is 18.4 Å². The van der Waals surface area contributed by atoms with Crippen molar-refractivity contribution in [2.24, 2.45) is 0 Å². The van der Waals surface area contributed by atoms with Gasteiger partial charge in [0.25, 0.3) is 0 Å². The molecule has 0 unspecified atom stereocenters. The Balaban J connectivity index is 1.53. The lowest BCUT2D eigenvalue weighted by Gasteiger charge is -2.07. The molecule has 0 radical (unpaired) electrons. The van der Waals surface area contributed by atoms with Gasteiger partial charge in [-0.1, -0.05) is 75.4 Å². The molecule has 0 saturated carbocycles. The van der Waals surface area contributed by atoms with Crippen molar-refractivity contribution in [1.82, 2.24) is 4.57 Å². The van der Waals surface area contributed by atoms with Gasteiger partial charge in [0.1, 0.15) is 12.4 Å². The van der Waals surface area contributed by atoms with Gasteiger partial charge in [0.2, 0.25) is 0 Å². The molecule has 0 N–H and O–H groups in total. The summed E-state index contributed by atoms with van der Waals surface area (Å²) in [5.74, 6) is 0.632. The van der Waals surface area contributed by atoms with Gasteiger partial charge >= 0.3 is 5.97 Å². The first-order valence-corrected chi connectivity index (χ1v) is 13.6. The minimum Gasteiger partial charge on any atom is -0.497 e. The van der Waals surface area contributed by atoms with Gasteiger partial charge in [0.15, 0.2) is 5.78 Å². The molecule has 0 aliphatic heterocycles. The molecule has 37 heavy (non-hydrogen) atoms. The largest absolute Gasteiger partial charge is 0.497 e. The highest BCUT2D eigenvalue weighted by molar-refractivity contribution is 6.16. The maximum atomic E-state index is 13.3. The number of rotatable bonds is 16. The Kier molecular flexibility index (Phi) is 11.5. The molecule has 0 atom stereocenters. The molecule has 0 saturated heterocycles. The predicted octanol–water partition coefficient (Wildman–Crippen LogP) is 8.05. The van der Waals surface area contributed by atoms with E-state index in [2.05, 4.69) is 17.6 Å². The van der Waals surface area contributed by atoms with Crippen LogP contribution in [0.3, 0.4) is 0 Å². The molecule has 3 rings (SSSR count). The van der Waals surface area contributed by atoms with E-state index in [1.165, 1.54) is 32.1 Å². The monoisotopic (exact) mass is 503 g/mol. The average molecular weight is 504 g/mol. The SMILES string of the molecule is CCCCCCCCC=C(C)C(=O)c1cn(CCCC(=O)OCc2ccc(OC)cc2)c2ccccc12. The number of hydrogen-bond acceptors (Lipinski definition) is 4. The second-order valence-electron chi connectivity index (χ2n) is 9.64. The van der Waals surface area contributed by atoms with Gasteiger partial charge in [-0.25, -0.2) is 0 Å². The van der Waals surface area contributed by atoms with Gasteiger partial charge < -0.3 is 14.0 Å². The maximum absolute atomic E-state index is 13.3. The van der Waals surface area contributed by atoms with E-state index in [1.54, 1.807) is 7.11 Å². The molecule has 1 aromatic heterocycles. The molecule has 0 fully saturated rings. The summed E-state index contributed by atoms with van der Waals surface area (Å²) in [6.07, 6.45) is 13.4. The Morgan fingerprint density at radius 2 is 1.65 bits per heavy atom. The molecule has 0 aliphatic rings. The van der Waals surface area contributed by atoms with Gasteiger partial charge in [-0.2, -0.15) is 0 Å². The molecule has 0 spiro atoms. The van der Waals surface area contributed by atoms with Crippen molar-refractivity contribution in [1.29, 1.82) is 0 Å². The lowest BCUT2D eigenvalue weighted by Crippen LogP contribution is -2.06. The zero-order chi connectivity index (χ0) is 26.5. The summed E-state index contributed by atoms with van der Waals surface area (Å²) < 4.78 is 12.7. The van der Waals surface area contributed by atoms with Crippen LogP contribution < -0.4 is 4.74 Å². The number of hydrogen-bond donors (Lipinski definition) is 0. The first kappa shape index (κ1) is 28.2. The molecule has 3 aromatic rings. The number of carbonyl (C=O) groups excluding carboxylic acids is 2. The van der Waals surface area contributed by atoms with Crippen LogP contribution in [0.25, 0.3) is 10.9 Å². The van der Waals surface area contributed by atoms with Gasteiger partial charge in [0, 0.05) is 35.6 Å². The third-order valence-corrected chi connectivity index (χ3v) is 6.74. The highest BCUT2D eigenvalue weighted by Crippen LogP contribution is 2.25. The molecule has 0 bridgehead atoms.